The second-order valence-corrected chi connectivity index (χ2v) is 8.10. The highest BCUT2D eigenvalue weighted by molar-refractivity contribution is 5.71. The van der Waals surface area contributed by atoms with Crippen molar-refractivity contribution < 1.29 is 27.5 Å². The van der Waals surface area contributed by atoms with E-state index >= 15 is 8.78 Å². The predicted octanol–water partition coefficient (Wildman–Crippen LogP) is 4.25. The Morgan fingerprint density at radius 1 is 1.26 bits per heavy atom. The molecule has 0 bridgehead atoms. The third kappa shape index (κ3) is 4.01. The summed E-state index contributed by atoms with van der Waals surface area (Å²) >= 11 is 0. The number of rotatable bonds is 4. The number of aryl methyl sites for hydroxylation is 1. The quantitative estimate of drug-likeness (QED) is 0.445. The van der Waals surface area contributed by atoms with Crippen molar-refractivity contribution >= 4 is 11.7 Å². The number of oxazole rings is 1. The third-order valence-electron chi connectivity index (χ3n) is 5.83. The van der Waals surface area contributed by atoms with Crippen molar-refractivity contribution in [1.29, 1.82) is 0 Å². The van der Waals surface area contributed by atoms with Gasteiger partial charge in [0.05, 0.1) is 49.5 Å². The Hall–Kier alpha value is -3.79. The number of hydrogen-bond acceptors (Lipinski definition) is 6. The van der Waals surface area contributed by atoms with Crippen molar-refractivity contribution in [3.05, 3.63) is 65.8 Å². The maximum atomic E-state index is 15.3. The van der Waals surface area contributed by atoms with E-state index in [2.05, 4.69) is 9.97 Å². The summed E-state index contributed by atoms with van der Waals surface area (Å²) in [7, 11) is 1.32. The van der Waals surface area contributed by atoms with Crippen LogP contribution >= 0.6 is 0 Å². The summed E-state index contributed by atoms with van der Waals surface area (Å²) in [5.74, 6) is -1.45. The highest BCUT2D eigenvalue weighted by Crippen LogP contribution is 2.34. The minimum atomic E-state index is -0.782. The third-order valence-corrected chi connectivity index (χ3v) is 5.83. The van der Waals surface area contributed by atoms with Crippen LogP contribution in [0, 0.1) is 18.6 Å². The van der Waals surface area contributed by atoms with Crippen molar-refractivity contribution in [2.45, 2.75) is 19.4 Å². The van der Waals surface area contributed by atoms with Gasteiger partial charge in [-0.25, -0.2) is 23.5 Å². The van der Waals surface area contributed by atoms with Gasteiger partial charge in [0.2, 0.25) is 5.89 Å². The summed E-state index contributed by atoms with van der Waals surface area (Å²) in [6.45, 7) is 2.95. The maximum absolute atomic E-state index is 15.3. The zero-order valence-electron chi connectivity index (χ0n) is 18.6. The average Bonchev–Trinajstić information content (AvgIpc) is 3.47. The van der Waals surface area contributed by atoms with E-state index in [4.69, 9.17) is 13.9 Å². The lowest BCUT2D eigenvalue weighted by molar-refractivity contribution is -0.0241. The Morgan fingerprint density at radius 2 is 2.06 bits per heavy atom. The van der Waals surface area contributed by atoms with Gasteiger partial charge in [0.1, 0.15) is 23.5 Å². The van der Waals surface area contributed by atoms with Crippen LogP contribution in [-0.4, -0.2) is 58.3 Å². The molecule has 0 spiro atoms. The summed E-state index contributed by atoms with van der Waals surface area (Å²) in [5.41, 5.74) is 2.22. The van der Waals surface area contributed by atoms with E-state index in [1.165, 1.54) is 31.7 Å². The van der Waals surface area contributed by atoms with Crippen LogP contribution < -0.4 is 0 Å². The summed E-state index contributed by atoms with van der Waals surface area (Å²) < 4.78 is 48.3. The second kappa shape index (κ2) is 8.86. The zero-order valence-corrected chi connectivity index (χ0v) is 18.6. The number of amides is 1. The molecule has 0 N–H and O–H groups in total. The molecule has 0 unspecified atom stereocenters. The van der Waals surface area contributed by atoms with E-state index in [0.29, 0.717) is 31.0 Å². The van der Waals surface area contributed by atoms with E-state index < -0.39 is 23.8 Å². The van der Waals surface area contributed by atoms with E-state index in [0.717, 1.165) is 5.56 Å². The molecule has 1 aliphatic heterocycles. The van der Waals surface area contributed by atoms with Crippen LogP contribution in [0.2, 0.25) is 0 Å². The summed E-state index contributed by atoms with van der Waals surface area (Å²) in [6.07, 6.45) is 4.00. The molecule has 1 aromatic carbocycles. The van der Waals surface area contributed by atoms with Crippen molar-refractivity contribution in [2.24, 2.45) is 0 Å². The first-order valence-electron chi connectivity index (χ1n) is 10.8. The average molecular weight is 468 g/mol. The van der Waals surface area contributed by atoms with E-state index in [1.54, 1.807) is 9.30 Å². The highest BCUT2D eigenvalue weighted by Gasteiger charge is 2.29. The zero-order chi connectivity index (χ0) is 23.8. The first-order valence-corrected chi connectivity index (χ1v) is 10.8. The fraction of sp³-hybridized carbons (Fsp3) is 0.292. The largest absolute Gasteiger partial charge is 0.453 e. The molecule has 4 aromatic rings. The van der Waals surface area contributed by atoms with E-state index in [-0.39, 0.29) is 29.1 Å². The lowest BCUT2D eigenvalue weighted by Gasteiger charge is -2.32. The smallest absolute Gasteiger partial charge is 0.409 e. The molecule has 10 heteroatoms. The van der Waals surface area contributed by atoms with Gasteiger partial charge in [0, 0.05) is 24.7 Å². The normalized spacial score (nSPS) is 16.2. The lowest BCUT2D eigenvalue weighted by Crippen LogP contribution is -2.46. The first-order chi connectivity index (χ1) is 16.4. The van der Waals surface area contributed by atoms with Gasteiger partial charge >= 0.3 is 6.09 Å². The molecule has 3 aromatic heterocycles. The van der Waals surface area contributed by atoms with Gasteiger partial charge < -0.3 is 23.2 Å². The van der Waals surface area contributed by atoms with Crippen LogP contribution in [0.25, 0.3) is 28.4 Å². The van der Waals surface area contributed by atoms with Crippen LogP contribution in [0.3, 0.4) is 0 Å². The number of nitrogens with zero attached hydrogens (tertiary/aromatic N) is 4. The van der Waals surface area contributed by atoms with Crippen molar-refractivity contribution in [2.75, 3.05) is 26.8 Å². The second-order valence-electron chi connectivity index (χ2n) is 8.10. The maximum Gasteiger partial charge on any atom is 0.409 e. The minimum absolute atomic E-state index is 0.119. The van der Waals surface area contributed by atoms with E-state index in [1.807, 2.05) is 25.3 Å². The monoisotopic (exact) mass is 468 g/mol. The molecular weight excluding hydrogens is 446 g/mol. The van der Waals surface area contributed by atoms with Crippen LogP contribution in [0.4, 0.5) is 13.6 Å². The number of morpholine rings is 1. The van der Waals surface area contributed by atoms with Crippen LogP contribution in [0.5, 0.6) is 0 Å². The van der Waals surface area contributed by atoms with Gasteiger partial charge in [0.15, 0.2) is 0 Å². The number of methoxy groups -OCH3 is 1. The topological polar surface area (TPSA) is 82.1 Å². The predicted molar refractivity (Wildman–Crippen MR) is 118 cm³/mol. The van der Waals surface area contributed by atoms with Crippen molar-refractivity contribution in [1.82, 2.24) is 19.3 Å². The number of fused-ring (bicyclic) bond motifs is 1. The highest BCUT2D eigenvalue weighted by atomic mass is 19.1. The van der Waals surface area contributed by atoms with Crippen molar-refractivity contribution in [3.8, 4) is 22.7 Å². The summed E-state index contributed by atoms with van der Waals surface area (Å²) in [4.78, 5) is 22.1. The van der Waals surface area contributed by atoms with Gasteiger partial charge in [-0.1, -0.05) is 0 Å². The molecule has 1 amide bonds. The molecule has 5 rings (SSSR count). The molecule has 1 saturated heterocycles. The minimum Gasteiger partial charge on any atom is -0.453 e. The summed E-state index contributed by atoms with van der Waals surface area (Å²) in [5, 5.41) is 0. The van der Waals surface area contributed by atoms with Crippen molar-refractivity contribution in [3.63, 3.8) is 0 Å². The number of halogens is 2. The number of pyridine rings is 1. The number of carbonyl (C=O) groups excluding carboxylic acids is 1. The number of imidazole rings is 1. The molecular formula is C24H22F2N4O4. The molecule has 176 valence electrons. The van der Waals surface area contributed by atoms with Gasteiger partial charge in [-0.15, -0.1) is 0 Å². The van der Waals surface area contributed by atoms with Crippen LogP contribution in [0.1, 0.15) is 11.3 Å². The SMILES string of the molecule is COC(=O)N1CCO[C@@H](Cc2c(-c3c(F)cc(-c4ncco4)cc3F)nc3cc(C)ccn23)C1. The molecule has 1 aliphatic rings. The van der Waals surface area contributed by atoms with Crippen LogP contribution in [0.15, 0.2) is 47.3 Å². The Kier molecular flexibility index (Phi) is 5.74. The first kappa shape index (κ1) is 22.0. The number of benzene rings is 1. The summed E-state index contributed by atoms with van der Waals surface area (Å²) in [6, 6.07) is 6.09. The molecule has 1 fully saturated rings. The lowest BCUT2D eigenvalue weighted by atomic mass is 10.0. The number of hydrogen-bond donors (Lipinski definition) is 0. The fourth-order valence-corrected chi connectivity index (χ4v) is 4.23. The fourth-order valence-electron chi connectivity index (χ4n) is 4.23. The Morgan fingerprint density at radius 3 is 2.76 bits per heavy atom. The van der Waals surface area contributed by atoms with Gasteiger partial charge in [-0.3, -0.25) is 0 Å². The Bertz CT molecular complexity index is 1330. The molecule has 0 aliphatic carbocycles. The van der Waals surface area contributed by atoms with Crippen LogP contribution in [-0.2, 0) is 15.9 Å². The van der Waals surface area contributed by atoms with Gasteiger partial charge in [-0.05, 0) is 36.8 Å². The molecule has 4 heterocycles. The molecule has 1 atom stereocenters. The number of aromatic nitrogens is 3. The number of ether oxygens (including phenoxy) is 2. The Labute approximate surface area is 193 Å². The molecule has 0 saturated carbocycles. The van der Waals surface area contributed by atoms with Gasteiger partial charge in [0.25, 0.3) is 0 Å². The standard InChI is InChI=1S/C24H22F2N4O4/c1-14-3-5-30-19(12-16-13-29(6-8-33-16)24(31)32-2)22(28-20(30)9-14)21-17(25)10-15(11-18(21)26)23-27-4-7-34-23/h3-5,7,9-11,16H,6,8,12-13H2,1-2H3/t16-/m0/s1. The molecule has 0 radical (unpaired) electrons. The van der Waals surface area contributed by atoms with Gasteiger partial charge in [-0.2, -0.15) is 0 Å². The number of carbonyl (C=O) groups is 1. The Balaban J connectivity index is 1.58. The molecule has 34 heavy (non-hydrogen) atoms. The van der Waals surface area contributed by atoms with E-state index in [9.17, 15) is 4.79 Å². The molecule has 8 nitrogen and oxygen atoms in total.